The lowest BCUT2D eigenvalue weighted by Gasteiger charge is -2.33. The van der Waals surface area contributed by atoms with Crippen molar-refractivity contribution >= 4 is 17.4 Å². The fourth-order valence-electron chi connectivity index (χ4n) is 3.69. The van der Waals surface area contributed by atoms with Crippen LogP contribution in [-0.4, -0.2) is 46.6 Å². The molecule has 7 heteroatoms. The number of pyridine rings is 2. The predicted octanol–water partition coefficient (Wildman–Crippen LogP) is 3.24. The van der Waals surface area contributed by atoms with Crippen molar-refractivity contribution in [2.45, 2.75) is 37.7 Å². The molecular weight excluding hydrogens is 347 g/mol. The summed E-state index contributed by atoms with van der Waals surface area (Å²) < 4.78 is 18.4. The summed E-state index contributed by atoms with van der Waals surface area (Å²) in [6, 6.07) is 6.91. The molecule has 4 heterocycles. The van der Waals surface area contributed by atoms with Crippen LogP contribution in [0.25, 0.3) is 0 Å². The van der Waals surface area contributed by atoms with E-state index in [1.165, 1.54) is 12.3 Å². The molecule has 2 fully saturated rings. The first-order valence-electron chi connectivity index (χ1n) is 9.44. The van der Waals surface area contributed by atoms with Gasteiger partial charge >= 0.3 is 0 Å². The minimum absolute atomic E-state index is 0.144. The molecular formula is C20H23FN4O2. The second-order valence-corrected chi connectivity index (χ2v) is 7.06. The highest BCUT2D eigenvalue weighted by Gasteiger charge is 2.31. The number of nitrogens with zero attached hydrogens (tertiary/aromatic N) is 3. The standard InChI is InChI=1S/C20H23FN4O2/c21-15-3-6-19(23-12-15)24-16-4-5-17(22-13-16)14-7-9-25(10-8-14)20(26)18-2-1-11-27-18/h3-6,12-14,18H,1-2,7-11H2,(H,23,24). The number of anilines is 2. The van der Waals surface area contributed by atoms with E-state index in [9.17, 15) is 9.18 Å². The van der Waals surface area contributed by atoms with Gasteiger partial charge in [-0.3, -0.25) is 9.78 Å². The molecule has 6 nitrogen and oxygen atoms in total. The first kappa shape index (κ1) is 17.9. The highest BCUT2D eigenvalue weighted by Crippen LogP contribution is 2.28. The summed E-state index contributed by atoms with van der Waals surface area (Å²) in [7, 11) is 0. The third-order valence-corrected chi connectivity index (χ3v) is 5.22. The molecule has 2 aromatic heterocycles. The van der Waals surface area contributed by atoms with Crippen LogP contribution >= 0.6 is 0 Å². The number of halogens is 1. The van der Waals surface area contributed by atoms with Gasteiger partial charge in [-0.1, -0.05) is 0 Å². The SMILES string of the molecule is O=C(C1CCCO1)N1CCC(c2ccc(Nc3ccc(F)cn3)cn2)CC1. The Kier molecular flexibility index (Phi) is 5.29. The number of hydrogen-bond donors (Lipinski definition) is 1. The molecule has 4 rings (SSSR count). The molecule has 2 aromatic rings. The number of carbonyl (C=O) groups is 1. The summed E-state index contributed by atoms with van der Waals surface area (Å²) in [6.45, 7) is 2.21. The minimum Gasteiger partial charge on any atom is -0.368 e. The molecule has 142 valence electrons. The number of carbonyl (C=O) groups excluding carboxylic acids is 1. The molecule has 0 spiro atoms. The lowest BCUT2D eigenvalue weighted by atomic mass is 9.92. The van der Waals surface area contributed by atoms with Gasteiger partial charge in [0.2, 0.25) is 0 Å². The number of hydrogen-bond acceptors (Lipinski definition) is 5. The van der Waals surface area contributed by atoms with Crippen LogP contribution in [0.3, 0.4) is 0 Å². The number of ether oxygens (including phenoxy) is 1. The van der Waals surface area contributed by atoms with Gasteiger partial charge < -0.3 is 15.0 Å². The van der Waals surface area contributed by atoms with Crippen molar-refractivity contribution in [2.75, 3.05) is 25.0 Å². The average molecular weight is 370 g/mol. The highest BCUT2D eigenvalue weighted by molar-refractivity contribution is 5.81. The van der Waals surface area contributed by atoms with Crippen LogP contribution in [0.4, 0.5) is 15.9 Å². The summed E-state index contributed by atoms with van der Waals surface area (Å²) >= 11 is 0. The molecule has 2 aliphatic rings. The molecule has 0 saturated carbocycles. The van der Waals surface area contributed by atoms with Crippen LogP contribution in [0.15, 0.2) is 36.7 Å². The van der Waals surface area contributed by atoms with Crippen molar-refractivity contribution in [2.24, 2.45) is 0 Å². The summed E-state index contributed by atoms with van der Waals surface area (Å²) in [5, 5.41) is 3.11. The molecule has 0 aliphatic carbocycles. The number of rotatable bonds is 4. The van der Waals surface area contributed by atoms with Gasteiger partial charge in [0, 0.05) is 31.3 Å². The minimum atomic E-state index is -0.363. The van der Waals surface area contributed by atoms with E-state index in [-0.39, 0.29) is 17.8 Å². The smallest absolute Gasteiger partial charge is 0.251 e. The lowest BCUT2D eigenvalue weighted by Crippen LogP contribution is -2.43. The Morgan fingerprint density at radius 2 is 1.96 bits per heavy atom. The highest BCUT2D eigenvalue weighted by atomic mass is 19.1. The average Bonchev–Trinajstić information content (AvgIpc) is 3.25. The van der Waals surface area contributed by atoms with Crippen molar-refractivity contribution < 1.29 is 13.9 Å². The summed E-state index contributed by atoms with van der Waals surface area (Å²) in [5.41, 5.74) is 1.85. The number of amides is 1. The Morgan fingerprint density at radius 1 is 1.11 bits per heavy atom. The van der Waals surface area contributed by atoms with E-state index in [4.69, 9.17) is 4.74 Å². The molecule has 0 radical (unpaired) electrons. The van der Waals surface area contributed by atoms with Crippen LogP contribution in [0.1, 0.15) is 37.3 Å². The third kappa shape index (κ3) is 4.24. The number of aromatic nitrogens is 2. The van der Waals surface area contributed by atoms with Crippen molar-refractivity contribution in [3.05, 3.63) is 48.2 Å². The van der Waals surface area contributed by atoms with Crippen LogP contribution < -0.4 is 5.32 Å². The maximum Gasteiger partial charge on any atom is 0.251 e. The Morgan fingerprint density at radius 3 is 2.59 bits per heavy atom. The fraction of sp³-hybridized carbons (Fsp3) is 0.450. The second-order valence-electron chi connectivity index (χ2n) is 7.06. The monoisotopic (exact) mass is 370 g/mol. The van der Waals surface area contributed by atoms with E-state index in [0.717, 1.165) is 50.2 Å². The summed E-state index contributed by atoms with van der Waals surface area (Å²) in [6.07, 6.45) is 6.36. The Hall–Kier alpha value is -2.54. The van der Waals surface area contributed by atoms with Crippen molar-refractivity contribution in [3.8, 4) is 0 Å². The zero-order valence-electron chi connectivity index (χ0n) is 15.1. The fourth-order valence-corrected chi connectivity index (χ4v) is 3.69. The van der Waals surface area contributed by atoms with E-state index in [1.54, 1.807) is 12.3 Å². The Balaban J connectivity index is 1.32. The third-order valence-electron chi connectivity index (χ3n) is 5.22. The van der Waals surface area contributed by atoms with Crippen LogP contribution in [0.5, 0.6) is 0 Å². The predicted molar refractivity (Wildman–Crippen MR) is 99.2 cm³/mol. The van der Waals surface area contributed by atoms with E-state index in [1.807, 2.05) is 17.0 Å². The van der Waals surface area contributed by atoms with Gasteiger partial charge in [0.15, 0.2) is 0 Å². The topological polar surface area (TPSA) is 67.3 Å². The molecule has 0 bridgehead atoms. The van der Waals surface area contributed by atoms with E-state index in [2.05, 4.69) is 15.3 Å². The summed E-state index contributed by atoms with van der Waals surface area (Å²) in [5.74, 6) is 0.715. The van der Waals surface area contributed by atoms with Crippen molar-refractivity contribution in [3.63, 3.8) is 0 Å². The Bertz CT molecular complexity index is 768. The molecule has 1 amide bonds. The van der Waals surface area contributed by atoms with Crippen LogP contribution in [-0.2, 0) is 9.53 Å². The molecule has 27 heavy (non-hydrogen) atoms. The van der Waals surface area contributed by atoms with Crippen LogP contribution in [0, 0.1) is 5.82 Å². The summed E-state index contributed by atoms with van der Waals surface area (Å²) in [4.78, 5) is 22.9. The Labute approximate surface area is 157 Å². The molecule has 1 unspecified atom stereocenters. The largest absolute Gasteiger partial charge is 0.368 e. The molecule has 1 atom stereocenters. The van der Waals surface area contributed by atoms with Gasteiger partial charge in [-0.25, -0.2) is 9.37 Å². The molecule has 0 aromatic carbocycles. The number of likely N-dealkylation sites (tertiary alicyclic amines) is 1. The molecule has 2 aliphatic heterocycles. The zero-order chi connectivity index (χ0) is 18.6. The van der Waals surface area contributed by atoms with Gasteiger partial charge in [0.05, 0.1) is 18.1 Å². The molecule has 1 N–H and O–H groups in total. The van der Waals surface area contributed by atoms with Gasteiger partial charge in [0.25, 0.3) is 5.91 Å². The maximum absolute atomic E-state index is 12.9. The first-order valence-corrected chi connectivity index (χ1v) is 9.44. The van der Waals surface area contributed by atoms with E-state index in [0.29, 0.717) is 18.3 Å². The van der Waals surface area contributed by atoms with E-state index < -0.39 is 0 Å². The van der Waals surface area contributed by atoms with Gasteiger partial charge in [-0.2, -0.15) is 0 Å². The van der Waals surface area contributed by atoms with Crippen molar-refractivity contribution in [1.82, 2.24) is 14.9 Å². The maximum atomic E-state index is 12.9. The normalized spacial score (nSPS) is 20.6. The molecule has 2 saturated heterocycles. The quantitative estimate of drug-likeness (QED) is 0.895. The van der Waals surface area contributed by atoms with Gasteiger partial charge in [0.1, 0.15) is 17.7 Å². The van der Waals surface area contributed by atoms with E-state index >= 15 is 0 Å². The number of piperidine rings is 1. The lowest BCUT2D eigenvalue weighted by molar-refractivity contribution is -0.142. The number of nitrogens with one attached hydrogen (secondary N) is 1. The second kappa shape index (κ2) is 8.00. The van der Waals surface area contributed by atoms with Crippen LogP contribution in [0.2, 0.25) is 0 Å². The van der Waals surface area contributed by atoms with Crippen molar-refractivity contribution in [1.29, 1.82) is 0 Å². The first-order chi connectivity index (χ1) is 13.2. The van der Waals surface area contributed by atoms with Gasteiger partial charge in [-0.15, -0.1) is 0 Å². The zero-order valence-corrected chi connectivity index (χ0v) is 15.1. The van der Waals surface area contributed by atoms with Gasteiger partial charge in [-0.05, 0) is 49.9 Å².